The number of carbonyl (C=O) groups excluding carboxylic acids is 3. The molecule has 0 atom stereocenters. The summed E-state index contributed by atoms with van der Waals surface area (Å²) in [6.45, 7) is 5.57. The first-order chi connectivity index (χ1) is 12.3. The van der Waals surface area contributed by atoms with Crippen LogP contribution in [0.15, 0.2) is 0 Å². The zero-order valence-electron chi connectivity index (χ0n) is 14.3. The van der Waals surface area contributed by atoms with E-state index in [0.717, 1.165) is 0 Å². The van der Waals surface area contributed by atoms with Crippen molar-refractivity contribution in [3.05, 3.63) is 21.8 Å². The van der Waals surface area contributed by atoms with Crippen molar-refractivity contribution in [1.82, 2.24) is 0 Å². The molecule has 0 spiro atoms. The zero-order valence-corrected chi connectivity index (χ0v) is 22.3. The summed E-state index contributed by atoms with van der Waals surface area (Å²) < 4.78 is 12.4. The minimum Gasteiger partial charge on any atom is -0.349 e. The van der Waals surface area contributed by atoms with Gasteiger partial charge in [0.1, 0.15) is 0 Å². The second-order valence-corrected chi connectivity index (χ2v) is 10.5. The molecule has 1 fully saturated rings. The smallest absolute Gasteiger partial charge is 0.254 e. The number of rotatable bonds is 4. The van der Waals surface area contributed by atoms with Crippen molar-refractivity contribution in [1.29, 1.82) is 0 Å². The molecule has 1 aromatic rings. The molecule has 1 aliphatic rings. The Morgan fingerprint density at radius 1 is 0.889 bits per heavy atom. The van der Waals surface area contributed by atoms with Gasteiger partial charge in [0.05, 0.1) is 42.6 Å². The fraction of sp³-hybridized carbons (Fsp3) is 0.438. The summed E-state index contributed by atoms with van der Waals surface area (Å²) in [4.78, 5) is 36.7. The van der Waals surface area contributed by atoms with Crippen molar-refractivity contribution in [2.75, 3.05) is 18.5 Å². The number of ether oxygens (including phenoxy) is 2. The molecular weight excluding hydrogens is 738 g/mol. The van der Waals surface area contributed by atoms with Crippen LogP contribution in [0.3, 0.4) is 0 Å². The van der Waals surface area contributed by atoms with Crippen molar-refractivity contribution in [2.45, 2.75) is 26.6 Å². The first-order valence-corrected chi connectivity index (χ1v) is 11.5. The SMILES string of the molecule is CC1(C)OCC(C)(C(=O)Nc2c(I)c(C(=O)Cl)c(I)c(C(=O)Cl)c2I)CO1. The van der Waals surface area contributed by atoms with Gasteiger partial charge < -0.3 is 14.8 Å². The number of hydrogen-bond donors (Lipinski definition) is 1. The molecule has 1 N–H and O–H groups in total. The third kappa shape index (κ3) is 5.08. The molecule has 2 rings (SSSR count). The van der Waals surface area contributed by atoms with E-state index in [4.69, 9.17) is 32.7 Å². The Kier molecular flexibility index (Phi) is 7.85. The number of halogens is 5. The number of anilines is 1. The maximum absolute atomic E-state index is 12.9. The second-order valence-electron chi connectivity index (χ2n) is 6.61. The molecule has 0 aliphatic carbocycles. The van der Waals surface area contributed by atoms with E-state index >= 15 is 0 Å². The average molecular weight is 752 g/mol. The van der Waals surface area contributed by atoms with Crippen LogP contribution in [0.1, 0.15) is 41.5 Å². The molecule has 1 amide bonds. The van der Waals surface area contributed by atoms with Crippen LogP contribution in [0.4, 0.5) is 5.69 Å². The van der Waals surface area contributed by atoms with Gasteiger partial charge in [-0.2, -0.15) is 0 Å². The third-order valence-electron chi connectivity index (χ3n) is 3.97. The molecule has 148 valence electrons. The second kappa shape index (κ2) is 8.84. The highest BCUT2D eigenvalue weighted by atomic mass is 127. The highest BCUT2D eigenvalue weighted by molar-refractivity contribution is 14.1. The fourth-order valence-electron chi connectivity index (χ4n) is 2.26. The van der Waals surface area contributed by atoms with E-state index in [1.165, 1.54) is 0 Å². The molecule has 11 heteroatoms. The molecule has 27 heavy (non-hydrogen) atoms. The van der Waals surface area contributed by atoms with Gasteiger partial charge in [0.15, 0.2) is 5.79 Å². The van der Waals surface area contributed by atoms with E-state index in [2.05, 4.69) is 5.32 Å². The molecule has 0 bridgehead atoms. The maximum Gasteiger partial charge on any atom is 0.254 e. The van der Waals surface area contributed by atoms with E-state index in [-0.39, 0.29) is 30.2 Å². The standard InChI is InChI=1S/C16H14Cl2I3NO5/c1-15(2)26-4-16(3,5-27-15)14(25)22-11-9(20)6(12(17)23)8(19)7(10(11)21)13(18)24/h4-5H2,1-3H3,(H,22,25). The van der Waals surface area contributed by atoms with Gasteiger partial charge in [-0.1, -0.05) is 0 Å². The number of nitrogens with one attached hydrogen (secondary N) is 1. The Morgan fingerprint density at radius 3 is 1.67 bits per heavy atom. The summed E-state index contributed by atoms with van der Waals surface area (Å²) in [6.07, 6.45) is 0. The Hall–Kier alpha value is 0.720. The summed E-state index contributed by atoms with van der Waals surface area (Å²) >= 11 is 17.1. The summed E-state index contributed by atoms with van der Waals surface area (Å²) in [7, 11) is 0. The van der Waals surface area contributed by atoms with Crippen LogP contribution in [0.25, 0.3) is 0 Å². The number of carbonyl (C=O) groups is 3. The van der Waals surface area contributed by atoms with Gasteiger partial charge in [-0.15, -0.1) is 0 Å². The molecule has 6 nitrogen and oxygen atoms in total. The molecule has 1 heterocycles. The van der Waals surface area contributed by atoms with Crippen LogP contribution < -0.4 is 5.32 Å². The van der Waals surface area contributed by atoms with Crippen molar-refractivity contribution in [2.24, 2.45) is 5.41 Å². The predicted octanol–water partition coefficient (Wildman–Crippen LogP) is 4.99. The summed E-state index contributed by atoms with van der Waals surface area (Å²) in [5.41, 5.74) is -0.387. The topological polar surface area (TPSA) is 81.7 Å². The largest absolute Gasteiger partial charge is 0.349 e. The quantitative estimate of drug-likeness (QED) is 0.347. The molecular formula is C16H14Cl2I3NO5. The van der Waals surface area contributed by atoms with Crippen molar-refractivity contribution < 1.29 is 23.9 Å². The van der Waals surface area contributed by atoms with E-state index in [1.54, 1.807) is 20.8 Å². The molecule has 1 aromatic carbocycles. The molecule has 0 radical (unpaired) electrons. The van der Waals surface area contributed by atoms with Gasteiger partial charge in [0.2, 0.25) is 5.91 Å². The molecule has 0 aromatic heterocycles. The van der Waals surface area contributed by atoms with Crippen LogP contribution >= 0.6 is 91.0 Å². The minimum absolute atomic E-state index is 0.125. The molecule has 0 saturated carbocycles. The lowest BCUT2D eigenvalue weighted by atomic mass is 9.90. The molecule has 1 aliphatic heterocycles. The average Bonchev–Trinajstić information content (AvgIpc) is 2.53. The van der Waals surface area contributed by atoms with Crippen molar-refractivity contribution in [3.8, 4) is 0 Å². The number of amides is 1. The first-order valence-electron chi connectivity index (χ1n) is 7.50. The van der Waals surface area contributed by atoms with Crippen LogP contribution in [0.5, 0.6) is 0 Å². The van der Waals surface area contributed by atoms with Crippen molar-refractivity contribution >= 4 is 113 Å². The lowest BCUT2D eigenvalue weighted by molar-refractivity contribution is -0.276. The summed E-state index contributed by atoms with van der Waals surface area (Å²) in [6, 6.07) is 0. The predicted molar refractivity (Wildman–Crippen MR) is 128 cm³/mol. The fourth-order valence-corrected chi connectivity index (χ4v) is 7.70. The van der Waals surface area contributed by atoms with Crippen LogP contribution in [0, 0.1) is 16.1 Å². The first kappa shape index (κ1) is 24.0. The zero-order chi connectivity index (χ0) is 20.7. The maximum atomic E-state index is 12.9. The minimum atomic E-state index is -0.944. The normalized spacial score (nSPS) is 18.1. The van der Waals surface area contributed by atoms with Gasteiger partial charge in [-0.05, 0) is 112 Å². The third-order valence-corrected chi connectivity index (χ3v) is 7.59. The Bertz CT molecular complexity index is 793. The lowest BCUT2D eigenvalue weighted by Gasteiger charge is -2.40. The number of hydrogen-bond acceptors (Lipinski definition) is 5. The Labute approximate surface area is 207 Å². The monoisotopic (exact) mass is 751 g/mol. The summed E-state index contributed by atoms with van der Waals surface area (Å²) in [5.74, 6) is -1.13. The molecule has 1 saturated heterocycles. The lowest BCUT2D eigenvalue weighted by Crippen LogP contribution is -2.51. The highest BCUT2D eigenvalue weighted by Gasteiger charge is 2.42. The van der Waals surface area contributed by atoms with Crippen LogP contribution in [-0.2, 0) is 14.3 Å². The van der Waals surface area contributed by atoms with Gasteiger partial charge >= 0.3 is 0 Å². The summed E-state index contributed by atoms with van der Waals surface area (Å²) in [5, 5.41) is 1.31. The van der Waals surface area contributed by atoms with Gasteiger partial charge in [-0.3, -0.25) is 14.4 Å². The van der Waals surface area contributed by atoms with E-state index in [1.807, 2.05) is 67.8 Å². The van der Waals surface area contributed by atoms with E-state index < -0.39 is 21.7 Å². The van der Waals surface area contributed by atoms with E-state index in [9.17, 15) is 14.4 Å². The van der Waals surface area contributed by atoms with Crippen molar-refractivity contribution in [3.63, 3.8) is 0 Å². The Morgan fingerprint density at radius 2 is 1.30 bits per heavy atom. The Balaban J connectivity index is 2.48. The van der Waals surface area contributed by atoms with Gasteiger partial charge in [0, 0.05) is 3.57 Å². The van der Waals surface area contributed by atoms with E-state index in [0.29, 0.717) is 16.4 Å². The highest BCUT2D eigenvalue weighted by Crippen LogP contribution is 2.38. The molecule has 0 unspecified atom stereocenters. The van der Waals surface area contributed by atoms with Crippen LogP contribution in [-0.4, -0.2) is 35.4 Å². The van der Waals surface area contributed by atoms with Gasteiger partial charge in [-0.25, -0.2) is 0 Å². The number of benzene rings is 1. The van der Waals surface area contributed by atoms with Crippen LogP contribution in [0.2, 0.25) is 0 Å². The van der Waals surface area contributed by atoms with Gasteiger partial charge in [0.25, 0.3) is 10.5 Å².